The molecule has 1 saturated carbocycles. The molecule has 6 atom stereocenters. The van der Waals surface area contributed by atoms with Crippen molar-refractivity contribution in [1.29, 1.82) is 0 Å². The topological polar surface area (TPSA) is 49.8 Å². The van der Waals surface area contributed by atoms with Crippen LogP contribution in [0.5, 0.6) is 0 Å². The Morgan fingerprint density at radius 3 is 2.76 bits per heavy atom. The average molecular weight is 420 g/mol. The molecule has 0 saturated heterocycles. The van der Waals surface area contributed by atoms with Crippen LogP contribution in [0.3, 0.4) is 0 Å². The Hall–Kier alpha value is -1.17. The van der Waals surface area contributed by atoms with Gasteiger partial charge in [-0.05, 0) is 74.1 Å². The Labute approximate surface area is 179 Å². The van der Waals surface area contributed by atoms with Gasteiger partial charge in [0.2, 0.25) is 0 Å². The predicted molar refractivity (Wildman–Crippen MR) is 119 cm³/mol. The van der Waals surface area contributed by atoms with Crippen molar-refractivity contribution in [2.45, 2.75) is 72.1 Å². The zero-order valence-electron chi connectivity index (χ0n) is 18.8. The lowest BCUT2D eigenvalue weighted by molar-refractivity contribution is -0.159. The van der Waals surface area contributed by atoms with Crippen molar-refractivity contribution < 1.29 is 14.6 Å². The fourth-order valence-electron chi connectivity index (χ4n) is 5.50. The van der Waals surface area contributed by atoms with E-state index in [9.17, 15) is 9.90 Å². The van der Waals surface area contributed by atoms with E-state index in [2.05, 4.69) is 50.2 Å². The maximum Gasteiger partial charge on any atom is 0.303 e. The van der Waals surface area contributed by atoms with E-state index in [-0.39, 0.29) is 23.9 Å². The summed E-state index contributed by atoms with van der Waals surface area (Å²) in [5.74, 6) is 0.994. The number of esters is 1. The minimum atomic E-state index is -0.792. The lowest BCUT2D eigenvalue weighted by Gasteiger charge is -2.53. The Bertz CT molecular complexity index is 757. The van der Waals surface area contributed by atoms with Crippen LogP contribution in [0.25, 0.3) is 0 Å². The summed E-state index contributed by atoms with van der Waals surface area (Å²) in [6.07, 6.45) is 4.61. The van der Waals surface area contributed by atoms with Gasteiger partial charge in [0.05, 0.1) is 5.60 Å². The number of fused-ring (bicyclic) bond motifs is 1. The first-order valence-electron chi connectivity index (χ1n) is 10.9. The third-order valence-corrected chi connectivity index (χ3v) is 8.32. The second-order valence-corrected chi connectivity index (χ2v) is 10.6. The summed E-state index contributed by atoms with van der Waals surface area (Å²) in [7, 11) is 2.20. The Balaban J connectivity index is 1.74. The summed E-state index contributed by atoms with van der Waals surface area (Å²) >= 11 is 1.83. The van der Waals surface area contributed by atoms with Crippen LogP contribution >= 0.6 is 11.3 Å². The van der Waals surface area contributed by atoms with Crippen molar-refractivity contribution >= 4 is 17.3 Å². The summed E-state index contributed by atoms with van der Waals surface area (Å²) < 4.78 is 5.52. The molecule has 1 N–H and O–H groups in total. The van der Waals surface area contributed by atoms with E-state index in [1.807, 2.05) is 18.3 Å². The molecule has 0 bridgehead atoms. The number of rotatable bonds is 6. The molecule has 2 aliphatic rings. The molecule has 3 rings (SSSR count). The highest BCUT2D eigenvalue weighted by molar-refractivity contribution is 7.10. The van der Waals surface area contributed by atoms with Crippen molar-refractivity contribution in [2.75, 3.05) is 13.6 Å². The molecule has 1 aromatic heterocycles. The zero-order valence-corrected chi connectivity index (χ0v) is 19.6. The third-order valence-electron chi connectivity index (χ3n) is 7.31. The molecule has 0 radical (unpaired) electrons. The SMILES string of the molecule is CC(=O)O[C@@H]1C[C@@]2(O)[C@H](C)CC[C@@H]([C@H](C)CN(C)Cc3sccc3C)[C@H]2C=C1C. The number of hydrogen-bond acceptors (Lipinski definition) is 5. The van der Waals surface area contributed by atoms with Crippen LogP contribution in [0, 0.1) is 30.6 Å². The molecule has 162 valence electrons. The molecule has 1 fully saturated rings. The first-order chi connectivity index (χ1) is 13.6. The summed E-state index contributed by atoms with van der Waals surface area (Å²) in [6, 6.07) is 2.19. The molecule has 0 amide bonds. The van der Waals surface area contributed by atoms with Crippen molar-refractivity contribution in [3.05, 3.63) is 33.5 Å². The highest BCUT2D eigenvalue weighted by Crippen LogP contribution is 2.51. The van der Waals surface area contributed by atoms with Gasteiger partial charge in [-0.25, -0.2) is 0 Å². The lowest BCUT2D eigenvalue weighted by atomic mass is 9.57. The van der Waals surface area contributed by atoms with Crippen LogP contribution in [0.2, 0.25) is 0 Å². The quantitative estimate of drug-likeness (QED) is 0.531. The first kappa shape index (κ1) is 22.5. The smallest absolute Gasteiger partial charge is 0.303 e. The van der Waals surface area contributed by atoms with Gasteiger partial charge in [-0.2, -0.15) is 0 Å². The molecule has 1 aromatic rings. The number of thiophene rings is 1. The summed E-state index contributed by atoms with van der Waals surface area (Å²) in [6.45, 7) is 12.2. The van der Waals surface area contributed by atoms with Gasteiger partial charge in [0.25, 0.3) is 0 Å². The number of nitrogens with zero attached hydrogens (tertiary/aromatic N) is 1. The van der Waals surface area contributed by atoms with Crippen molar-refractivity contribution in [2.24, 2.45) is 23.7 Å². The lowest BCUT2D eigenvalue weighted by Crippen LogP contribution is -2.56. The minimum Gasteiger partial charge on any atom is -0.458 e. The minimum absolute atomic E-state index is 0.130. The van der Waals surface area contributed by atoms with E-state index >= 15 is 0 Å². The van der Waals surface area contributed by atoms with Crippen LogP contribution in [0.1, 0.15) is 57.4 Å². The van der Waals surface area contributed by atoms with Gasteiger partial charge in [-0.1, -0.05) is 19.9 Å². The second-order valence-electron chi connectivity index (χ2n) is 9.57. The molecule has 4 nitrogen and oxygen atoms in total. The molecule has 29 heavy (non-hydrogen) atoms. The Morgan fingerprint density at radius 2 is 2.14 bits per heavy atom. The van der Waals surface area contributed by atoms with Gasteiger partial charge in [0.1, 0.15) is 6.10 Å². The van der Waals surface area contributed by atoms with E-state index in [0.29, 0.717) is 18.3 Å². The zero-order chi connectivity index (χ0) is 21.3. The third kappa shape index (κ3) is 4.78. The van der Waals surface area contributed by atoms with Crippen molar-refractivity contribution in [3.63, 3.8) is 0 Å². The largest absolute Gasteiger partial charge is 0.458 e. The van der Waals surface area contributed by atoms with Gasteiger partial charge in [-0.15, -0.1) is 11.3 Å². The van der Waals surface area contributed by atoms with Crippen LogP contribution in [-0.2, 0) is 16.1 Å². The fourth-order valence-corrected chi connectivity index (χ4v) is 6.49. The molecule has 0 aliphatic heterocycles. The summed E-state index contributed by atoms with van der Waals surface area (Å²) in [4.78, 5) is 15.4. The van der Waals surface area contributed by atoms with E-state index in [1.165, 1.54) is 17.4 Å². The van der Waals surface area contributed by atoms with Crippen LogP contribution < -0.4 is 0 Å². The van der Waals surface area contributed by atoms with E-state index in [4.69, 9.17) is 4.74 Å². The number of ether oxygens (including phenoxy) is 1. The molecular formula is C24H37NO3S. The van der Waals surface area contributed by atoms with Gasteiger partial charge in [-0.3, -0.25) is 4.79 Å². The van der Waals surface area contributed by atoms with Crippen molar-refractivity contribution in [3.8, 4) is 0 Å². The van der Waals surface area contributed by atoms with Gasteiger partial charge >= 0.3 is 5.97 Å². The van der Waals surface area contributed by atoms with E-state index < -0.39 is 5.60 Å². The summed E-state index contributed by atoms with van der Waals surface area (Å²) in [5, 5.41) is 13.9. The molecule has 0 spiro atoms. The standard InChI is InChI=1S/C24H37NO3S/c1-15-9-10-29-23(15)14-25(6)13-17(3)20-8-7-18(4)24(27)12-22(28-19(5)26)16(2)11-21(20)24/h9-11,17-18,20-22,27H,7-8,12-14H2,1-6H3/t17-,18-,20+,21-,22-,24-/m1/s1. The highest BCUT2D eigenvalue weighted by Gasteiger charge is 2.52. The maximum absolute atomic E-state index is 11.7. The molecule has 2 aliphatic carbocycles. The summed E-state index contributed by atoms with van der Waals surface area (Å²) in [5.41, 5.74) is 1.67. The first-order valence-corrected chi connectivity index (χ1v) is 11.8. The Kier molecular flexibility index (Phi) is 6.91. The van der Waals surface area contributed by atoms with Gasteiger partial charge < -0.3 is 14.7 Å². The molecule has 1 heterocycles. The van der Waals surface area contributed by atoms with E-state index in [0.717, 1.165) is 31.5 Å². The van der Waals surface area contributed by atoms with E-state index in [1.54, 1.807) is 0 Å². The number of aliphatic hydroxyl groups is 1. The second kappa shape index (κ2) is 8.91. The number of carbonyl (C=O) groups is 1. The fraction of sp³-hybridized carbons (Fsp3) is 0.708. The number of aryl methyl sites for hydroxylation is 1. The maximum atomic E-state index is 11.7. The number of hydrogen-bond donors (Lipinski definition) is 1. The average Bonchev–Trinajstić information content (AvgIpc) is 3.02. The van der Waals surface area contributed by atoms with Crippen LogP contribution in [-0.4, -0.2) is 41.3 Å². The molecule has 5 heteroatoms. The Morgan fingerprint density at radius 1 is 1.41 bits per heavy atom. The molecular weight excluding hydrogens is 382 g/mol. The molecule has 0 aromatic carbocycles. The normalized spacial score (nSPS) is 33.2. The molecule has 0 unspecified atom stereocenters. The van der Waals surface area contributed by atoms with Crippen LogP contribution in [0.15, 0.2) is 23.1 Å². The predicted octanol–water partition coefficient (Wildman–Crippen LogP) is 4.80. The van der Waals surface area contributed by atoms with Gasteiger partial charge in [0, 0.05) is 37.2 Å². The van der Waals surface area contributed by atoms with Gasteiger partial charge in [0.15, 0.2) is 0 Å². The number of carbonyl (C=O) groups excluding carboxylic acids is 1. The van der Waals surface area contributed by atoms with Crippen LogP contribution in [0.4, 0.5) is 0 Å². The highest BCUT2D eigenvalue weighted by atomic mass is 32.1. The monoisotopic (exact) mass is 419 g/mol. The van der Waals surface area contributed by atoms with Crippen molar-refractivity contribution in [1.82, 2.24) is 4.90 Å².